The lowest BCUT2D eigenvalue weighted by molar-refractivity contribution is 0.101. The minimum Gasteiger partial charge on any atom is -0.355 e. The molecule has 1 amide bonds. The molecule has 0 saturated carbocycles. The Balaban J connectivity index is 1.50. The topological polar surface area (TPSA) is 110 Å². The van der Waals surface area contributed by atoms with Gasteiger partial charge in [0.1, 0.15) is 0 Å². The van der Waals surface area contributed by atoms with Crippen molar-refractivity contribution in [2.24, 2.45) is 0 Å². The van der Waals surface area contributed by atoms with E-state index in [1.807, 2.05) is 13.1 Å². The Kier molecular flexibility index (Phi) is 5.10. The van der Waals surface area contributed by atoms with Crippen LogP contribution in [0.15, 0.2) is 47.2 Å². The monoisotopic (exact) mass is 415 g/mol. The number of amides is 1. The summed E-state index contributed by atoms with van der Waals surface area (Å²) >= 11 is 0. The van der Waals surface area contributed by atoms with Gasteiger partial charge in [0.25, 0.3) is 5.91 Å². The Labute approximate surface area is 168 Å². The molecule has 10 heteroatoms. The summed E-state index contributed by atoms with van der Waals surface area (Å²) in [7, 11) is -3.32. The van der Waals surface area contributed by atoms with Gasteiger partial charge < -0.3 is 9.84 Å². The molecule has 0 spiro atoms. The Hall–Kier alpha value is -3.14. The van der Waals surface area contributed by atoms with E-state index in [4.69, 9.17) is 4.52 Å². The van der Waals surface area contributed by atoms with Crippen molar-refractivity contribution in [3.8, 4) is 11.3 Å². The van der Waals surface area contributed by atoms with E-state index < -0.39 is 15.9 Å². The number of rotatable bonds is 5. The quantitative estimate of drug-likeness (QED) is 0.686. The SMILES string of the molecule is CCn1cc(-c2cc(C(=O)Nc3cccc(N4CCCCS4(=O)=O)c3)no2)cn1. The van der Waals surface area contributed by atoms with E-state index in [0.717, 1.165) is 18.5 Å². The number of aromatic nitrogens is 3. The maximum atomic E-state index is 12.5. The average molecular weight is 415 g/mol. The number of hydrogen-bond donors (Lipinski definition) is 1. The number of anilines is 2. The van der Waals surface area contributed by atoms with Crippen molar-refractivity contribution in [1.29, 1.82) is 0 Å². The normalized spacial score (nSPS) is 16.0. The zero-order valence-electron chi connectivity index (χ0n) is 15.9. The number of benzene rings is 1. The van der Waals surface area contributed by atoms with Crippen LogP contribution in [0.25, 0.3) is 11.3 Å². The molecule has 3 aromatic rings. The van der Waals surface area contributed by atoms with Crippen LogP contribution in [0, 0.1) is 0 Å². The number of hydrogen-bond acceptors (Lipinski definition) is 6. The first kappa shape index (κ1) is 19.2. The summed E-state index contributed by atoms with van der Waals surface area (Å²) in [6.45, 7) is 3.14. The van der Waals surface area contributed by atoms with E-state index in [9.17, 15) is 13.2 Å². The number of carbonyl (C=O) groups excluding carboxylic acids is 1. The molecule has 0 aliphatic carbocycles. The molecular formula is C19H21N5O4S. The first-order chi connectivity index (χ1) is 14.0. The van der Waals surface area contributed by atoms with Crippen LogP contribution in [-0.4, -0.2) is 41.6 Å². The van der Waals surface area contributed by atoms with Crippen LogP contribution >= 0.6 is 0 Å². The van der Waals surface area contributed by atoms with Gasteiger partial charge in [0.2, 0.25) is 10.0 Å². The molecule has 1 N–H and O–H groups in total. The molecule has 1 aliphatic rings. The van der Waals surface area contributed by atoms with Crippen LogP contribution < -0.4 is 9.62 Å². The summed E-state index contributed by atoms with van der Waals surface area (Å²) < 4.78 is 33.0. The zero-order valence-corrected chi connectivity index (χ0v) is 16.7. The molecule has 1 fully saturated rings. The number of nitrogens with one attached hydrogen (secondary N) is 1. The third-order valence-electron chi connectivity index (χ3n) is 4.73. The van der Waals surface area contributed by atoms with Gasteiger partial charge in [0, 0.05) is 31.0 Å². The van der Waals surface area contributed by atoms with Crippen molar-refractivity contribution in [2.75, 3.05) is 21.9 Å². The van der Waals surface area contributed by atoms with Gasteiger partial charge in [-0.1, -0.05) is 11.2 Å². The van der Waals surface area contributed by atoms with Crippen molar-refractivity contribution in [2.45, 2.75) is 26.3 Å². The second-order valence-electron chi connectivity index (χ2n) is 6.76. The number of carbonyl (C=O) groups is 1. The van der Waals surface area contributed by atoms with E-state index in [-0.39, 0.29) is 11.4 Å². The maximum Gasteiger partial charge on any atom is 0.277 e. The highest BCUT2D eigenvalue weighted by Gasteiger charge is 2.26. The van der Waals surface area contributed by atoms with Crippen molar-refractivity contribution in [3.63, 3.8) is 0 Å². The van der Waals surface area contributed by atoms with Gasteiger partial charge in [0.15, 0.2) is 11.5 Å². The van der Waals surface area contributed by atoms with E-state index in [1.54, 1.807) is 41.2 Å². The van der Waals surface area contributed by atoms with Crippen LogP contribution in [0.2, 0.25) is 0 Å². The number of aryl methyl sites for hydroxylation is 1. The molecule has 0 atom stereocenters. The molecule has 152 valence electrons. The minimum absolute atomic E-state index is 0.125. The molecule has 1 saturated heterocycles. The van der Waals surface area contributed by atoms with Crippen LogP contribution in [0.1, 0.15) is 30.3 Å². The molecule has 9 nitrogen and oxygen atoms in total. The van der Waals surface area contributed by atoms with Crippen molar-refractivity contribution in [1.82, 2.24) is 14.9 Å². The molecule has 3 heterocycles. The van der Waals surface area contributed by atoms with Gasteiger partial charge >= 0.3 is 0 Å². The van der Waals surface area contributed by atoms with Gasteiger partial charge in [-0.2, -0.15) is 5.10 Å². The predicted molar refractivity (Wildman–Crippen MR) is 108 cm³/mol. The molecule has 1 aromatic carbocycles. The van der Waals surface area contributed by atoms with Crippen molar-refractivity contribution < 1.29 is 17.7 Å². The average Bonchev–Trinajstić information content (AvgIpc) is 3.37. The van der Waals surface area contributed by atoms with Crippen LogP contribution in [0.3, 0.4) is 0 Å². The van der Waals surface area contributed by atoms with Gasteiger partial charge in [-0.05, 0) is 38.0 Å². The van der Waals surface area contributed by atoms with E-state index in [2.05, 4.69) is 15.6 Å². The molecule has 1 aliphatic heterocycles. The van der Waals surface area contributed by atoms with Crippen LogP contribution in [0.4, 0.5) is 11.4 Å². The van der Waals surface area contributed by atoms with Crippen molar-refractivity contribution >= 4 is 27.3 Å². The highest BCUT2D eigenvalue weighted by atomic mass is 32.2. The Morgan fingerprint density at radius 1 is 1.28 bits per heavy atom. The second-order valence-corrected chi connectivity index (χ2v) is 8.77. The first-order valence-corrected chi connectivity index (χ1v) is 11.0. The van der Waals surface area contributed by atoms with Crippen molar-refractivity contribution in [3.05, 3.63) is 48.4 Å². The predicted octanol–water partition coefficient (Wildman–Crippen LogP) is 2.74. The fraction of sp³-hybridized carbons (Fsp3) is 0.316. The lowest BCUT2D eigenvalue weighted by Gasteiger charge is -2.28. The van der Waals surface area contributed by atoms with Gasteiger partial charge in [0.05, 0.1) is 23.2 Å². The summed E-state index contributed by atoms with van der Waals surface area (Å²) in [6.07, 6.45) is 4.94. The Bertz CT molecular complexity index is 1130. The van der Waals surface area contributed by atoms with E-state index >= 15 is 0 Å². The van der Waals surface area contributed by atoms with Gasteiger partial charge in [-0.15, -0.1) is 0 Å². The van der Waals surface area contributed by atoms with Crippen LogP contribution in [0.5, 0.6) is 0 Å². The third kappa shape index (κ3) is 4.02. The van der Waals surface area contributed by atoms with E-state index in [1.165, 1.54) is 4.31 Å². The summed E-state index contributed by atoms with van der Waals surface area (Å²) in [4.78, 5) is 12.5. The molecule has 2 aromatic heterocycles. The number of nitrogens with zero attached hydrogens (tertiary/aromatic N) is 4. The molecular weight excluding hydrogens is 394 g/mol. The Morgan fingerprint density at radius 2 is 2.14 bits per heavy atom. The summed E-state index contributed by atoms with van der Waals surface area (Å²) in [5, 5.41) is 10.7. The minimum atomic E-state index is -3.32. The lowest BCUT2D eigenvalue weighted by atomic mass is 10.2. The molecule has 0 bridgehead atoms. The van der Waals surface area contributed by atoms with Crippen LogP contribution in [-0.2, 0) is 16.6 Å². The molecule has 29 heavy (non-hydrogen) atoms. The standard InChI is InChI=1S/C19H21N5O4S/c1-2-23-13-14(12-20-23)18-11-17(22-28-18)19(25)21-15-6-5-7-16(10-15)24-8-3-4-9-29(24,26)27/h5-7,10-13H,2-4,8-9H2,1H3,(H,21,25). The van der Waals surface area contributed by atoms with Gasteiger partial charge in [-0.3, -0.25) is 13.8 Å². The number of sulfonamides is 1. The fourth-order valence-corrected chi connectivity index (χ4v) is 4.83. The first-order valence-electron chi connectivity index (χ1n) is 9.37. The highest BCUT2D eigenvalue weighted by Crippen LogP contribution is 2.26. The Morgan fingerprint density at radius 3 is 2.90 bits per heavy atom. The zero-order chi connectivity index (χ0) is 20.4. The molecule has 4 rings (SSSR count). The van der Waals surface area contributed by atoms with Gasteiger partial charge in [-0.25, -0.2) is 8.42 Å². The molecule has 0 unspecified atom stereocenters. The molecule has 0 radical (unpaired) electrons. The third-order valence-corrected chi connectivity index (χ3v) is 6.60. The lowest BCUT2D eigenvalue weighted by Crippen LogP contribution is -2.37. The fourth-order valence-electron chi connectivity index (χ4n) is 3.19. The summed E-state index contributed by atoms with van der Waals surface area (Å²) in [5.74, 6) is 0.143. The summed E-state index contributed by atoms with van der Waals surface area (Å²) in [5.41, 5.74) is 1.88. The maximum absolute atomic E-state index is 12.5. The highest BCUT2D eigenvalue weighted by molar-refractivity contribution is 7.92. The second kappa shape index (κ2) is 7.70. The van der Waals surface area contributed by atoms with E-state index in [0.29, 0.717) is 30.1 Å². The summed E-state index contributed by atoms with van der Waals surface area (Å²) in [6, 6.07) is 8.32. The largest absolute Gasteiger partial charge is 0.355 e. The smallest absolute Gasteiger partial charge is 0.277 e.